The number of hydrogen-bond donors (Lipinski definition) is 3. The molecule has 5 aliphatic rings. The standard InChI is InChI=1S/C36H48O13/c1-9-17(4)31(42)46-28-25(19-10-11-44-14-19)35(8)29(47-32(43)26(41)16(2)3)27-24(18(5)36(35)30(28)49-36)34(7,21(45-27)13-22(38)39)20-12-23(40)48-33(20,6)15-37/h10-11,14,16-17,20-21,24-30,37,41H,5,9,12-13,15H2,1-4,6-8H3,(H,38,39). The number of carboxylic acid groups (broad SMARTS) is 1. The van der Waals surface area contributed by atoms with Gasteiger partial charge in [0.1, 0.15) is 35.6 Å². The Bertz CT molecular complexity index is 1520. The Balaban J connectivity index is 1.56. The van der Waals surface area contributed by atoms with Crippen molar-refractivity contribution < 1.29 is 62.6 Å². The molecule has 3 aliphatic heterocycles. The van der Waals surface area contributed by atoms with E-state index in [1.165, 1.54) is 12.5 Å². The van der Waals surface area contributed by atoms with Crippen LogP contribution in [0.5, 0.6) is 0 Å². The van der Waals surface area contributed by atoms with E-state index < -0.39 is 125 Å². The molecule has 0 bridgehead atoms. The summed E-state index contributed by atoms with van der Waals surface area (Å²) in [5.41, 5.74) is -3.94. The van der Waals surface area contributed by atoms with E-state index in [-0.39, 0.29) is 6.42 Å². The number of aliphatic hydroxyl groups excluding tert-OH is 2. The van der Waals surface area contributed by atoms with Crippen LogP contribution in [0.3, 0.4) is 0 Å². The van der Waals surface area contributed by atoms with Gasteiger partial charge in [-0.2, -0.15) is 0 Å². The van der Waals surface area contributed by atoms with E-state index in [2.05, 4.69) is 6.58 Å². The summed E-state index contributed by atoms with van der Waals surface area (Å²) >= 11 is 0. The molecule has 3 saturated heterocycles. The zero-order chi connectivity index (χ0) is 36.0. The number of aliphatic carboxylic acids is 1. The van der Waals surface area contributed by atoms with Crippen molar-refractivity contribution in [1.29, 1.82) is 0 Å². The fourth-order valence-electron chi connectivity index (χ4n) is 9.83. The van der Waals surface area contributed by atoms with Crippen LogP contribution in [0.15, 0.2) is 35.2 Å². The highest BCUT2D eigenvalue weighted by atomic mass is 16.7. The van der Waals surface area contributed by atoms with Crippen LogP contribution in [0.4, 0.5) is 0 Å². The number of epoxide rings is 1. The van der Waals surface area contributed by atoms with Crippen molar-refractivity contribution in [1.82, 2.24) is 0 Å². The van der Waals surface area contributed by atoms with Gasteiger partial charge in [0.15, 0.2) is 6.10 Å². The topological polar surface area (TPSA) is 192 Å². The average Bonchev–Trinajstić information content (AvgIpc) is 3.25. The third kappa shape index (κ3) is 4.86. The van der Waals surface area contributed by atoms with E-state index in [1.807, 2.05) is 13.8 Å². The van der Waals surface area contributed by atoms with E-state index in [9.17, 15) is 34.5 Å². The van der Waals surface area contributed by atoms with Gasteiger partial charge in [-0.15, -0.1) is 0 Å². The fraction of sp³-hybridized carbons (Fsp3) is 0.722. The second-order valence-corrected chi connectivity index (χ2v) is 15.6. The molecule has 14 unspecified atom stereocenters. The summed E-state index contributed by atoms with van der Waals surface area (Å²) in [4.78, 5) is 52.4. The van der Waals surface area contributed by atoms with Crippen molar-refractivity contribution >= 4 is 23.9 Å². The predicted octanol–water partition coefficient (Wildman–Crippen LogP) is 3.16. The van der Waals surface area contributed by atoms with Crippen LogP contribution in [-0.2, 0) is 42.9 Å². The summed E-state index contributed by atoms with van der Waals surface area (Å²) in [7, 11) is 0. The zero-order valence-electron chi connectivity index (χ0n) is 29.0. The number of aliphatic hydroxyl groups is 2. The van der Waals surface area contributed by atoms with Crippen LogP contribution < -0.4 is 0 Å². The van der Waals surface area contributed by atoms with Gasteiger partial charge in [-0.05, 0) is 36.5 Å². The van der Waals surface area contributed by atoms with Crippen molar-refractivity contribution in [3.63, 3.8) is 0 Å². The summed E-state index contributed by atoms with van der Waals surface area (Å²) in [5.74, 6) is -6.14. The molecule has 1 spiro atoms. The van der Waals surface area contributed by atoms with E-state index in [4.69, 9.17) is 28.1 Å². The van der Waals surface area contributed by atoms with Gasteiger partial charge < -0.3 is 43.4 Å². The first-order valence-electron chi connectivity index (χ1n) is 17.1. The monoisotopic (exact) mass is 688 g/mol. The Hall–Kier alpha value is -3.26. The molecule has 1 aromatic heterocycles. The molecule has 14 atom stereocenters. The number of esters is 3. The molecule has 0 amide bonds. The Labute approximate surface area is 285 Å². The second-order valence-electron chi connectivity index (χ2n) is 15.6. The minimum atomic E-state index is -1.49. The predicted molar refractivity (Wildman–Crippen MR) is 169 cm³/mol. The SMILES string of the molecule is C=C1C2C(OC(CC(=O)O)C2(C)C2CC(=O)OC2(C)CO)C(OC(=O)C(O)C(C)C)C2(C)C(c3ccoc3)C(OC(=O)C(C)CC)C3OC132. The molecular formula is C36H48O13. The first-order chi connectivity index (χ1) is 22.9. The van der Waals surface area contributed by atoms with Crippen LogP contribution in [-0.4, -0.2) is 93.6 Å². The molecule has 3 N–H and O–H groups in total. The molecule has 2 saturated carbocycles. The molecule has 13 nitrogen and oxygen atoms in total. The largest absolute Gasteiger partial charge is 0.481 e. The van der Waals surface area contributed by atoms with E-state index in [0.717, 1.165) is 0 Å². The smallest absolute Gasteiger partial charge is 0.335 e. The van der Waals surface area contributed by atoms with E-state index >= 15 is 0 Å². The highest BCUT2D eigenvalue weighted by molar-refractivity contribution is 5.76. The van der Waals surface area contributed by atoms with Gasteiger partial charge in [-0.25, -0.2) is 4.79 Å². The lowest BCUT2D eigenvalue weighted by atomic mass is 9.49. The van der Waals surface area contributed by atoms with Crippen LogP contribution >= 0.6 is 0 Å². The number of carbonyl (C=O) groups excluding carboxylic acids is 3. The Kier molecular flexibility index (Phi) is 8.65. The highest BCUT2D eigenvalue weighted by Gasteiger charge is 2.89. The fourth-order valence-corrected chi connectivity index (χ4v) is 9.83. The third-order valence-electron chi connectivity index (χ3n) is 12.7. The number of rotatable bonds is 11. The van der Waals surface area contributed by atoms with Crippen molar-refractivity contribution in [2.45, 2.75) is 121 Å². The normalized spacial score (nSPS) is 43.3. The molecule has 1 aromatic rings. The van der Waals surface area contributed by atoms with Gasteiger partial charge in [0, 0.05) is 23.2 Å². The molecule has 2 aliphatic carbocycles. The lowest BCUT2D eigenvalue weighted by Gasteiger charge is -2.55. The lowest BCUT2D eigenvalue weighted by molar-refractivity contribution is -0.201. The van der Waals surface area contributed by atoms with Gasteiger partial charge in [-0.3, -0.25) is 14.4 Å². The van der Waals surface area contributed by atoms with Crippen molar-refractivity contribution in [3.8, 4) is 0 Å². The first-order valence-corrected chi connectivity index (χ1v) is 17.1. The summed E-state index contributed by atoms with van der Waals surface area (Å²) in [5, 5.41) is 31.5. The second kappa shape index (κ2) is 11.9. The summed E-state index contributed by atoms with van der Waals surface area (Å²) in [6.07, 6.45) is -3.38. The molecule has 6 rings (SSSR count). The van der Waals surface area contributed by atoms with E-state index in [1.54, 1.807) is 40.7 Å². The molecule has 4 heterocycles. The van der Waals surface area contributed by atoms with Crippen LogP contribution in [0, 0.1) is 34.5 Å². The third-order valence-corrected chi connectivity index (χ3v) is 12.7. The number of fused-ring (bicyclic) bond motifs is 1. The molecule has 0 radical (unpaired) electrons. The number of ether oxygens (including phenoxy) is 5. The minimum Gasteiger partial charge on any atom is -0.481 e. The summed E-state index contributed by atoms with van der Waals surface area (Å²) in [6.45, 7) is 16.3. The maximum Gasteiger partial charge on any atom is 0.335 e. The van der Waals surface area contributed by atoms with Crippen molar-refractivity contribution in [2.75, 3.05) is 6.61 Å². The Morgan fingerprint density at radius 3 is 2.37 bits per heavy atom. The average molecular weight is 689 g/mol. The molecular weight excluding hydrogens is 640 g/mol. The van der Waals surface area contributed by atoms with Crippen LogP contribution in [0.1, 0.15) is 79.2 Å². The van der Waals surface area contributed by atoms with Gasteiger partial charge in [0.2, 0.25) is 0 Å². The number of cyclic esters (lactones) is 1. The Morgan fingerprint density at radius 2 is 1.80 bits per heavy atom. The first kappa shape index (κ1) is 35.6. The van der Waals surface area contributed by atoms with Gasteiger partial charge >= 0.3 is 23.9 Å². The maximum atomic E-state index is 13.7. The summed E-state index contributed by atoms with van der Waals surface area (Å²) in [6, 6.07) is 1.75. The number of carbonyl (C=O) groups is 4. The minimum absolute atomic E-state index is 0.124. The highest BCUT2D eigenvalue weighted by Crippen LogP contribution is 2.78. The number of hydrogen-bond acceptors (Lipinski definition) is 12. The molecule has 13 heteroatoms. The quantitative estimate of drug-likeness (QED) is 0.133. The van der Waals surface area contributed by atoms with Crippen molar-refractivity contribution in [2.24, 2.45) is 34.5 Å². The Morgan fingerprint density at radius 1 is 1.10 bits per heavy atom. The molecule has 5 fully saturated rings. The van der Waals surface area contributed by atoms with Crippen LogP contribution in [0.2, 0.25) is 0 Å². The molecule has 270 valence electrons. The number of furan rings is 1. The number of carboxylic acids is 1. The zero-order valence-corrected chi connectivity index (χ0v) is 29.0. The summed E-state index contributed by atoms with van der Waals surface area (Å²) < 4.78 is 37.1. The van der Waals surface area contributed by atoms with Gasteiger partial charge in [0.25, 0.3) is 0 Å². The van der Waals surface area contributed by atoms with Crippen LogP contribution in [0.25, 0.3) is 0 Å². The molecule has 0 aromatic carbocycles. The van der Waals surface area contributed by atoms with Gasteiger partial charge in [-0.1, -0.05) is 48.1 Å². The van der Waals surface area contributed by atoms with Gasteiger partial charge in [0.05, 0.1) is 49.4 Å². The lowest BCUT2D eigenvalue weighted by Crippen LogP contribution is -2.64. The maximum absolute atomic E-state index is 13.7. The van der Waals surface area contributed by atoms with Crippen molar-refractivity contribution in [3.05, 3.63) is 36.3 Å². The van der Waals surface area contributed by atoms with E-state index in [0.29, 0.717) is 17.6 Å². The molecule has 49 heavy (non-hydrogen) atoms.